The van der Waals surface area contributed by atoms with Gasteiger partial charge in [-0.25, -0.2) is 4.79 Å². The second kappa shape index (κ2) is 6.37. The quantitative estimate of drug-likeness (QED) is 0.606. The van der Waals surface area contributed by atoms with Gasteiger partial charge in [-0.3, -0.25) is 0 Å². The molecule has 0 saturated heterocycles. The van der Waals surface area contributed by atoms with E-state index in [1.165, 1.54) is 6.42 Å². The molecule has 0 aromatic carbocycles. The molecule has 0 amide bonds. The van der Waals surface area contributed by atoms with Crippen LogP contribution in [0.15, 0.2) is 12.2 Å². The molecule has 0 aromatic heterocycles. The SMILES string of the molecule is C=C(C)C(=O)OC1(CO)CC(CC)CC(CC)C1. The maximum absolute atomic E-state index is 11.7. The summed E-state index contributed by atoms with van der Waals surface area (Å²) in [4.78, 5) is 11.7. The fourth-order valence-electron chi connectivity index (χ4n) is 2.92. The van der Waals surface area contributed by atoms with Crippen molar-refractivity contribution in [3.63, 3.8) is 0 Å². The van der Waals surface area contributed by atoms with Gasteiger partial charge in [-0.05, 0) is 38.0 Å². The molecule has 1 saturated carbocycles. The molecular formula is C15H26O3. The Morgan fingerprint density at radius 2 is 1.83 bits per heavy atom. The molecule has 1 aliphatic rings. The number of rotatable bonds is 5. The Balaban J connectivity index is 2.83. The monoisotopic (exact) mass is 254 g/mol. The van der Waals surface area contributed by atoms with Crippen LogP contribution in [0.2, 0.25) is 0 Å². The van der Waals surface area contributed by atoms with Gasteiger partial charge in [-0.1, -0.05) is 33.3 Å². The molecule has 2 unspecified atom stereocenters. The molecular weight excluding hydrogens is 228 g/mol. The number of carbonyl (C=O) groups excluding carboxylic acids is 1. The maximum atomic E-state index is 11.7. The van der Waals surface area contributed by atoms with E-state index in [4.69, 9.17) is 4.74 Å². The van der Waals surface area contributed by atoms with E-state index in [0.717, 1.165) is 25.7 Å². The Kier molecular flexibility index (Phi) is 5.39. The minimum atomic E-state index is -0.685. The van der Waals surface area contributed by atoms with E-state index in [0.29, 0.717) is 17.4 Å². The average molecular weight is 254 g/mol. The molecule has 3 nitrogen and oxygen atoms in total. The van der Waals surface area contributed by atoms with E-state index in [1.807, 2.05) is 0 Å². The first kappa shape index (κ1) is 15.2. The zero-order valence-corrected chi connectivity index (χ0v) is 11.9. The normalized spacial score (nSPS) is 32.0. The highest BCUT2D eigenvalue weighted by Crippen LogP contribution is 2.41. The minimum absolute atomic E-state index is 0.0843. The van der Waals surface area contributed by atoms with Gasteiger partial charge in [0.15, 0.2) is 0 Å². The smallest absolute Gasteiger partial charge is 0.333 e. The summed E-state index contributed by atoms with van der Waals surface area (Å²) in [6.07, 6.45) is 4.87. The summed E-state index contributed by atoms with van der Waals surface area (Å²) in [5.41, 5.74) is -0.287. The minimum Gasteiger partial charge on any atom is -0.453 e. The summed E-state index contributed by atoms with van der Waals surface area (Å²) < 4.78 is 5.57. The Morgan fingerprint density at radius 1 is 1.33 bits per heavy atom. The Hall–Kier alpha value is -0.830. The van der Waals surface area contributed by atoms with Crippen molar-refractivity contribution < 1.29 is 14.6 Å². The van der Waals surface area contributed by atoms with Crippen molar-refractivity contribution in [2.24, 2.45) is 11.8 Å². The number of ether oxygens (including phenoxy) is 1. The second-order valence-corrected chi connectivity index (χ2v) is 5.70. The van der Waals surface area contributed by atoms with Crippen LogP contribution in [0.5, 0.6) is 0 Å². The number of esters is 1. The summed E-state index contributed by atoms with van der Waals surface area (Å²) in [7, 11) is 0. The number of hydrogen-bond donors (Lipinski definition) is 1. The van der Waals surface area contributed by atoms with Crippen molar-refractivity contribution in [1.82, 2.24) is 0 Å². The fraction of sp³-hybridized carbons (Fsp3) is 0.800. The van der Waals surface area contributed by atoms with Gasteiger partial charge in [-0.2, -0.15) is 0 Å². The third-order valence-corrected chi connectivity index (χ3v) is 4.09. The molecule has 1 rings (SSSR count). The molecule has 0 bridgehead atoms. The van der Waals surface area contributed by atoms with E-state index < -0.39 is 5.60 Å². The lowest BCUT2D eigenvalue weighted by molar-refractivity contribution is -0.169. The zero-order chi connectivity index (χ0) is 13.8. The molecule has 0 aliphatic heterocycles. The maximum Gasteiger partial charge on any atom is 0.333 e. The number of hydrogen-bond acceptors (Lipinski definition) is 3. The third kappa shape index (κ3) is 3.58. The van der Waals surface area contributed by atoms with Crippen LogP contribution >= 0.6 is 0 Å². The van der Waals surface area contributed by atoms with Crippen molar-refractivity contribution >= 4 is 5.97 Å². The molecule has 0 heterocycles. The summed E-state index contributed by atoms with van der Waals surface area (Å²) in [6, 6.07) is 0. The van der Waals surface area contributed by atoms with E-state index in [2.05, 4.69) is 20.4 Å². The topological polar surface area (TPSA) is 46.5 Å². The molecule has 0 radical (unpaired) electrons. The van der Waals surface area contributed by atoms with E-state index in [-0.39, 0.29) is 12.6 Å². The van der Waals surface area contributed by atoms with Gasteiger partial charge in [0.2, 0.25) is 0 Å². The van der Waals surface area contributed by atoms with E-state index in [9.17, 15) is 9.90 Å². The predicted molar refractivity (Wildman–Crippen MR) is 72.1 cm³/mol. The Morgan fingerprint density at radius 3 is 2.17 bits per heavy atom. The van der Waals surface area contributed by atoms with Crippen molar-refractivity contribution in [3.05, 3.63) is 12.2 Å². The molecule has 1 N–H and O–H groups in total. The Labute approximate surface area is 110 Å². The summed E-state index contributed by atoms with van der Waals surface area (Å²) in [5.74, 6) is 0.693. The summed E-state index contributed by atoms with van der Waals surface area (Å²) in [6.45, 7) is 9.48. The second-order valence-electron chi connectivity index (χ2n) is 5.70. The van der Waals surface area contributed by atoms with Gasteiger partial charge in [0.1, 0.15) is 5.60 Å². The highest BCUT2D eigenvalue weighted by Gasteiger charge is 2.42. The van der Waals surface area contributed by atoms with Crippen LogP contribution in [0.25, 0.3) is 0 Å². The lowest BCUT2D eigenvalue weighted by Crippen LogP contribution is -2.46. The van der Waals surface area contributed by atoms with Gasteiger partial charge >= 0.3 is 5.97 Å². The molecule has 104 valence electrons. The molecule has 3 heteroatoms. The molecule has 1 fully saturated rings. The summed E-state index contributed by atoms with van der Waals surface area (Å²) >= 11 is 0. The van der Waals surface area contributed by atoms with Crippen LogP contribution < -0.4 is 0 Å². The molecule has 0 aromatic rings. The van der Waals surface area contributed by atoms with Crippen LogP contribution in [-0.4, -0.2) is 23.3 Å². The lowest BCUT2D eigenvalue weighted by Gasteiger charge is -2.42. The molecule has 2 atom stereocenters. The number of aliphatic hydroxyl groups excluding tert-OH is 1. The number of carbonyl (C=O) groups is 1. The van der Waals surface area contributed by atoms with Crippen molar-refractivity contribution in [3.8, 4) is 0 Å². The van der Waals surface area contributed by atoms with Crippen molar-refractivity contribution in [1.29, 1.82) is 0 Å². The van der Waals surface area contributed by atoms with Crippen LogP contribution in [-0.2, 0) is 9.53 Å². The first-order chi connectivity index (χ1) is 8.46. The van der Waals surface area contributed by atoms with Crippen molar-refractivity contribution in [2.45, 2.75) is 58.5 Å². The first-order valence-electron chi connectivity index (χ1n) is 6.96. The van der Waals surface area contributed by atoms with Gasteiger partial charge < -0.3 is 9.84 Å². The molecule has 0 spiro atoms. The highest BCUT2D eigenvalue weighted by molar-refractivity contribution is 5.87. The fourth-order valence-corrected chi connectivity index (χ4v) is 2.92. The van der Waals surface area contributed by atoms with Gasteiger partial charge in [0, 0.05) is 5.57 Å². The van der Waals surface area contributed by atoms with Crippen LogP contribution in [0.1, 0.15) is 52.9 Å². The Bertz CT molecular complexity index is 297. The number of aliphatic hydroxyl groups is 1. The first-order valence-corrected chi connectivity index (χ1v) is 6.96. The van der Waals surface area contributed by atoms with Crippen LogP contribution in [0, 0.1) is 11.8 Å². The largest absolute Gasteiger partial charge is 0.453 e. The predicted octanol–water partition coefficient (Wildman–Crippen LogP) is 3.07. The summed E-state index contributed by atoms with van der Waals surface area (Å²) in [5, 5.41) is 9.69. The standard InChI is InChI=1S/C15H26O3/c1-5-12-7-13(6-2)9-15(8-12,10-16)18-14(17)11(3)4/h12-13,16H,3,5-10H2,1-2,4H3. The van der Waals surface area contributed by atoms with Gasteiger partial charge in [-0.15, -0.1) is 0 Å². The van der Waals surface area contributed by atoms with E-state index in [1.54, 1.807) is 6.92 Å². The molecule has 18 heavy (non-hydrogen) atoms. The van der Waals surface area contributed by atoms with Gasteiger partial charge in [0.05, 0.1) is 6.61 Å². The van der Waals surface area contributed by atoms with E-state index >= 15 is 0 Å². The third-order valence-electron chi connectivity index (χ3n) is 4.09. The molecule has 1 aliphatic carbocycles. The van der Waals surface area contributed by atoms with Crippen LogP contribution in [0.4, 0.5) is 0 Å². The highest BCUT2D eigenvalue weighted by atomic mass is 16.6. The lowest BCUT2D eigenvalue weighted by atomic mass is 9.71. The van der Waals surface area contributed by atoms with Crippen molar-refractivity contribution in [2.75, 3.05) is 6.61 Å². The zero-order valence-electron chi connectivity index (χ0n) is 11.9. The van der Waals surface area contributed by atoms with Crippen LogP contribution in [0.3, 0.4) is 0 Å². The average Bonchev–Trinajstić information content (AvgIpc) is 2.37. The van der Waals surface area contributed by atoms with Gasteiger partial charge in [0.25, 0.3) is 0 Å².